The van der Waals surface area contributed by atoms with Crippen molar-refractivity contribution < 1.29 is 0 Å². The molecule has 0 radical (unpaired) electrons. The second-order valence-electron chi connectivity index (χ2n) is 5.46. The minimum absolute atomic E-state index is 0.249. The molecule has 1 saturated carbocycles. The fourth-order valence-electron chi connectivity index (χ4n) is 3.07. The Morgan fingerprint density at radius 1 is 1.32 bits per heavy atom. The van der Waals surface area contributed by atoms with Gasteiger partial charge < -0.3 is 5.32 Å². The molecule has 2 aromatic rings. The largest absolute Gasteiger partial charge is 0.314 e. The molecule has 0 unspecified atom stereocenters. The average Bonchev–Trinajstić information content (AvgIpc) is 2.83. The summed E-state index contributed by atoms with van der Waals surface area (Å²) in [5.41, 5.74) is 1.29. The first-order valence-corrected chi connectivity index (χ1v) is 8.15. The fraction of sp³-hybridized carbons (Fsp3) is 0.533. The van der Waals surface area contributed by atoms with Crippen LogP contribution in [0, 0.1) is 0 Å². The fourth-order valence-corrected chi connectivity index (χ4v) is 4.47. The van der Waals surface area contributed by atoms with Crippen LogP contribution in [-0.2, 0) is 6.42 Å². The van der Waals surface area contributed by atoms with Gasteiger partial charge in [-0.3, -0.25) is 0 Å². The second kappa shape index (κ2) is 5.39. The lowest BCUT2D eigenvalue weighted by Crippen LogP contribution is -2.46. The Hall–Kier alpha value is -0.640. The lowest BCUT2D eigenvalue weighted by molar-refractivity contribution is 0.244. The van der Waals surface area contributed by atoms with Crippen LogP contribution in [-0.4, -0.2) is 17.6 Å². The molecule has 3 rings (SSSR count). The van der Waals surface area contributed by atoms with Crippen LogP contribution in [0.1, 0.15) is 37.1 Å². The molecule has 0 bridgehead atoms. The summed E-state index contributed by atoms with van der Waals surface area (Å²) in [6.45, 7) is 0. The molecule has 0 spiro atoms. The van der Waals surface area contributed by atoms with Crippen LogP contribution >= 0.6 is 22.9 Å². The van der Waals surface area contributed by atoms with Crippen molar-refractivity contribution in [3.8, 4) is 0 Å². The maximum Gasteiger partial charge on any atom is 0.0957 e. The van der Waals surface area contributed by atoms with Gasteiger partial charge in [0.15, 0.2) is 0 Å². The molecular formula is C15H19ClN2S. The molecule has 102 valence electrons. The molecule has 1 fully saturated rings. The van der Waals surface area contributed by atoms with E-state index < -0.39 is 0 Å². The SMILES string of the molecule is CNC1(Cc2nc3cccc(Cl)c3s2)CCCCC1. The van der Waals surface area contributed by atoms with E-state index in [1.165, 1.54) is 37.1 Å². The van der Waals surface area contributed by atoms with Gasteiger partial charge in [0.05, 0.1) is 20.2 Å². The zero-order valence-electron chi connectivity index (χ0n) is 11.2. The summed E-state index contributed by atoms with van der Waals surface area (Å²) < 4.78 is 1.13. The number of aromatic nitrogens is 1. The number of benzene rings is 1. The maximum absolute atomic E-state index is 6.24. The van der Waals surface area contributed by atoms with Crippen LogP contribution in [0.5, 0.6) is 0 Å². The van der Waals surface area contributed by atoms with Gasteiger partial charge in [-0.1, -0.05) is 36.9 Å². The third kappa shape index (κ3) is 2.64. The van der Waals surface area contributed by atoms with Gasteiger partial charge in [-0.25, -0.2) is 4.98 Å². The summed E-state index contributed by atoms with van der Waals surface area (Å²) in [6.07, 6.45) is 7.56. The van der Waals surface area contributed by atoms with Crippen molar-refractivity contribution in [2.45, 2.75) is 44.1 Å². The van der Waals surface area contributed by atoms with Crippen molar-refractivity contribution in [1.82, 2.24) is 10.3 Å². The molecule has 1 N–H and O–H groups in total. The molecule has 0 aliphatic heterocycles. The summed E-state index contributed by atoms with van der Waals surface area (Å²) in [6, 6.07) is 5.97. The second-order valence-corrected chi connectivity index (χ2v) is 6.95. The number of rotatable bonds is 3. The maximum atomic E-state index is 6.24. The number of hydrogen-bond donors (Lipinski definition) is 1. The molecule has 0 amide bonds. The van der Waals surface area contributed by atoms with E-state index >= 15 is 0 Å². The van der Waals surface area contributed by atoms with Gasteiger partial charge in [-0.05, 0) is 32.0 Å². The summed E-state index contributed by atoms with van der Waals surface area (Å²) >= 11 is 7.98. The molecule has 1 aliphatic rings. The van der Waals surface area contributed by atoms with E-state index in [0.717, 1.165) is 21.7 Å². The first kappa shape index (κ1) is 13.3. The van der Waals surface area contributed by atoms with Crippen LogP contribution in [0.3, 0.4) is 0 Å². The monoisotopic (exact) mass is 294 g/mol. The summed E-state index contributed by atoms with van der Waals surface area (Å²) in [4.78, 5) is 4.75. The highest BCUT2D eigenvalue weighted by molar-refractivity contribution is 7.19. The molecule has 0 saturated heterocycles. The van der Waals surface area contributed by atoms with Gasteiger partial charge in [0, 0.05) is 12.0 Å². The number of likely N-dealkylation sites (N-methyl/N-ethyl adjacent to an activating group) is 1. The van der Waals surface area contributed by atoms with Crippen LogP contribution in [0.2, 0.25) is 5.02 Å². The number of hydrogen-bond acceptors (Lipinski definition) is 3. The summed E-state index contributed by atoms with van der Waals surface area (Å²) in [7, 11) is 2.09. The van der Waals surface area contributed by atoms with Crippen molar-refractivity contribution >= 4 is 33.2 Å². The number of halogens is 1. The number of nitrogens with one attached hydrogen (secondary N) is 1. The van der Waals surface area contributed by atoms with Crippen LogP contribution in [0.4, 0.5) is 0 Å². The number of nitrogens with zero attached hydrogens (tertiary/aromatic N) is 1. The van der Waals surface area contributed by atoms with E-state index in [9.17, 15) is 0 Å². The van der Waals surface area contributed by atoms with E-state index in [1.54, 1.807) is 11.3 Å². The van der Waals surface area contributed by atoms with E-state index in [2.05, 4.69) is 12.4 Å². The Morgan fingerprint density at radius 3 is 2.79 bits per heavy atom. The normalized spacial score (nSPS) is 18.8. The molecule has 1 aliphatic carbocycles. The lowest BCUT2D eigenvalue weighted by atomic mass is 9.79. The zero-order valence-corrected chi connectivity index (χ0v) is 12.8. The number of fused-ring (bicyclic) bond motifs is 1. The van der Waals surface area contributed by atoms with E-state index in [-0.39, 0.29) is 5.54 Å². The molecule has 4 heteroatoms. The van der Waals surface area contributed by atoms with Crippen LogP contribution in [0.25, 0.3) is 10.2 Å². The van der Waals surface area contributed by atoms with Crippen molar-refractivity contribution in [2.75, 3.05) is 7.05 Å². The molecule has 2 nitrogen and oxygen atoms in total. The van der Waals surface area contributed by atoms with Crippen LogP contribution < -0.4 is 5.32 Å². The van der Waals surface area contributed by atoms with Gasteiger partial charge >= 0.3 is 0 Å². The van der Waals surface area contributed by atoms with Crippen molar-refractivity contribution in [1.29, 1.82) is 0 Å². The van der Waals surface area contributed by atoms with Gasteiger partial charge in [-0.2, -0.15) is 0 Å². The van der Waals surface area contributed by atoms with E-state index in [1.807, 2.05) is 18.2 Å². The van der Waals surface area contributed by atoms with E-state index in [0.29, 0.717) is 0 Å². The Balaban J connectivity index is 1.89. The Kier molecular flexibility index (Phi) is 3.79. The zero-order chi connectivity index (χ0) is 13.3. The molecule has 1 heterocycles. The lowest BCUT2D eigenvalue weighted by Gasteiger charge is -2.36. The van der Waals surface area contributed by atoms with Gasteiger partial charge in [0.1, 0.15) is 0 Å². The van der Waals surface area contributed by atoms with Gasteiger partial charge in [0.25, 0.3) is 0 Å². The topological polar surface area (TPSA) is 24.9 Å². The predicted octanol–water partition coefficient (Wildman–Crippen LogP) is 4.41. The Morgan fingerprint density at radius 2 is 2.11 bits per heavy atom. The highest BCUT2D eigenvalue weighted by Crippen LogP contribution is 2.35. The Bertz CT molecular complexity index is 573. The average molecular weight is 295 g/mol. The third-order valence-electron chi connectivity index (χ3n) is 4.24. The predicted molar refractivity (Wildman–Crippen MR) is 83.2 cm³/mol. The first-order valence-electron chi connectivity index (χ1n) is 6.95. The van der Waals surface area contributed by atoms with Crippen molar-refractivity contribution in [3.63, 3.8) is 0 Å². The molecule has 1 aromatic carbocycles. The molecular weight excluding hydrogens is 276 g/mol. The van der Waals surface area contributed by atoms with Crippen LogP contribution in [0.15, 0.2) is 18.2 Å². The van der Waals surface area contributed by atoms with Gasteiger partial charge in [0.2, 0.25) is 0 Å². The number of thiazole rings is 1. The van der Waals surface area contributed by atoms with Crippen molar-refractivity contribution in [3.05, 3.63) is 28.2 Å². The molecule has 0 atom stereocenters. The summed E-state index contributed by atoms with van der Waals surface area (Å²) in [5.74, 6) is 0. The minimum atomic E-state index is 0.249. The Labute approximate surface area is 123 Å². The van der Waals surface area contributed by atoms with Crippen molar-refractivity contribution in [2.24, 2.45) is 0 Å². The van der Waals surface area contributed by atoms with Gasteiger partial charge in [-0.15, -0.1) is 11.3 Å². The molecule has 1 aromatic heterocycles. The third-order valence-corrected chi connectivity index (χ3v) is 5.77. The first-order chi connectivity index (χ1) is 9.22. The quantitative estimate of drug-likeness (QED) is 0.907. The highest BCUT2D eigenvalue weighted by Gasteiger charge is 2.31. The molecule has 19 heavy (non-hydrogen) atoms. The smallest absolute Gasteiger partial charge is 0.0957 e. The standard InChI is InChI=1S/C15H19ClN2S/c1-17-15(8-3-2-4-9-15)10-13-18-12-7-5-6-11(16)14(12)19-13/h5-7,17H,2-4,8-10H2,1H3. The minimum Gasteiger partial charge on any atom is -0.314 e. The van der Waals surface area contributed by atoms with E-state index in [4.69, 9.17) is 16.6 Å². The highest BCUT2D eigenvalue weighted by atomic mass is 35.5. The summed E-state index contributed by atoms with van der Waals surface area (Å²) in [5, 5.41) is 5.59.